The molecule has 1 aromatic carbocycles. The minimum absolute atomic E-state index is 0.336. The molecule has 2 aromatic rings. The minimum atomic E-state index is 0.336. The Kier molecular flexibility index (Phi) is 3.64. The van der Waals surface area contributed by atoms with E-state index in [4.69, 9.17) is 5.84 Å². The van der Waals surface area contributed by atoms with Crippen LogP contribution in [0.4, 0.5) is 5.82 Å². The van der Waals surface area contributed by atoms with E-state index in [9.17, 15) is 0 Å². The molecule has 3 N–H and O–H groups in total. The van der Waals surface area contributed by atoms with E-state index in [2.05, 4.69) is 53.5 Å². The fraction of sp³-hybridized carbons (Fsp3) is 0.412. The fourth-order valence-corrected chi connectivity index (χ4v) is 2.83. The highest BCUT2D eigenvalue weighted by molar-refractivity contribution is 5.60. The van der Waals surface area contributed by atoms with Crippen LogP contribution in [0.15, 0.2) is 24.3 Å². The Bertz CT molecular complexity index is 643. The van der Waals surface area contributed by atoms with Crippen molar-refractivity contribution < 1.29 is 0 Å². The third-order valence-electron chi connectivity index (χ3n) is 4.07. The van der Waals surface area contributed by atoms with Crippen LogP contribution < -0.4 is 11.3 Å². The number of nitrogen functional groups attached to an aromatic ring is 1. The monoisotopic (exact) mass is 282 g/mol. The number of rotatable bonds is 4. The zero-order valence-electron chi connectivity index (χ0n) is 12.9. The van der Waals surface area contributed by atoms with Crippen molar-refractivity contribution in [2.45, 2.75) is 45.4 Å². The highest BCUT2D eigenvalue weighted by Gasteiger charge is 2.23. The van der Waals surface area contributed by atoms with Gasteiger partial charge < -0.3 is 5.43 Å². The number of benzene rings is 1. The minimum Gasteiger partial charge on any atom is -0.308 e. The molecule has 0 bridgehead atoms. The van der Waals surface area contributed by atoms with Crippen molar-refractivity contribution in [1.29, 1.82) is 0 Å². The summed E-state index contributed by atoms with van der Waals surface area (Å²) in [6.45, 7) is 6.26. The molecule has 0 atom stereocenters. The fourth-order valence-electron chi connectivity index (χ4n) is 2.83. The molecular formula is C17H22N4. The number of aryl methyl sites for hydroxylation is 1. The predicted molar refractivity (Wildman–Crippen MR) is 86.1 cm³/mol. The average molecular weight is 282 g/mol. The predicted octanol–water partition coefficient (Wildman–Crippen LogP) is 3.74. The maximum Gasteiger partial charge on any atom is 0.161 e. The van der Waals surface area contributed by atoms with Crippen LogP contribution in [0.5, 0.6) is 0 Å². The van der Waals surface area contributed by atoms with Gasteiger partial charge in [0.25, 0.3) is 0 Å². The Morgan fingerprint density at radius 2 is 1.81 bits per heavy atom. The van der Waals surface area contributed by atoms with Gasteiger partial charge in [0.2, 0.25) is 0 Å². The van der Waals surface area contributed by atoms with Crippen LogP contribution >= 0.6 is 0 Å². The van der Waals surface area contributed by atoms with Gasteiger partial charge in [-0.15, -0.1) is 0 Å². The van der Waals surface area contributed by atoms with Crippen molar-refractivity contribution in [3.8, 4) is 11.4 Å². The number of hydrazine groups is 1. The molecule has 1 aliphatic rings. The Labute approximate surface area is 125 Å². The van der Waals surface area contributed by atoms with Crippen molar-refractivity contribution in [3.63, 3.8) is 0 Å². The van der Waals surface area contributed by atoms with Crippen molar-refractivity contribution in [1.82, 2.24) is 9.97 Å². The second kappa shape index (κ2) is 5.45. The van der Waals surface area contributed by atoms with Gasteiger partial charge in [0.15, 0.2) is 5.82 Å². The van der Waals surface area contributed by atoms with Gasteiger partial charge in [-0.25, -0.2) is 15.8 Å². The van der Waals surface area contributed by atoms with E-state index in [0.717, 1.165) is 34.4 Å². The Morgan fingerprint density at radius 3 is 2.33 bits per heavy atom. The molecule has 0 aliphatic heterocycles. The molecule has 0 saturated heterocycles. The van der Waals surface area contributed by atoms with E-state index in [0.29, 0.717) is 5.92 Å². The van der Waals surface area contributed by atoms with Gasteiger partial charge in [-0.2, -0.15) is 0 Å². The second-order valence-electron chi connectivity index (χ2n) is 6.09. The summed E-state index contributed by atoms with van der Waals surface area (Å²) < 4.78 is 0. The lowest BCUT2D eigenvalue weighted by Crippen LogP contribution is -2.14. The Hall–Kier alpha value is -1.94. The molecule has 21 heavy (non-hydrogen) atoms. The number of nitrogens with one attached hydrogen (secondary N) is 1. The van der Waals surface area contributed by atoms with Crippen LogP contribution in [0.1, 0.15) is 55.3 Å². The molecule has 110 valence electrons. The lowest BCUT2D eigenvalue weighted by Gasteiger charge is -2.15. The summed E-state index contributed by atoms with van der Waals surface area (Å²) in [5.41, 5.74) is 7.24. The zero-order valence-corrected chi connectivity index (χ0v) is 12.9. The van der Waals surface area contributed by atoms with Gasteiger partial charge in [0, 0.05) is 16.8 Å². The normalized spacial score (nSPS) is 14.5. The summed E-state index contributed by atoms with van der Waals surface area (Å²) in [6, 6.07) is 8.60. The summed E-state index contributed by atoms with van der Waals surface area (Å²) in [4.78, 5) is 9.24. The Balaban J connectivity index is 1.99. The van der Waals surface area contributed by atoms with Crippen LogP contribution in [0.2, 0.25) is 0 Å². The van der Waals surface area contributed by atoms with E-state index in [1.54, 1.807) is 0 Å². The van der Waals surface area contributed by atoms with Gasteiger partial charge in [0.1, 0.15) is 5.82 Å². The van der Waals surface area contributed by atoms with Gasteiger partial charge in [-0.05, 0) is 37.2 Å². The van der Waals surface area contributed by atoms with E-state index < -0.39 is 0 Å². The first-order chi connectivity index (χ1) is 10.1. The SMILES string of the molecule is Cc1nc(-c2ccc(C3CC3)cc2)nc(NN)c1C(C)C. The van der Waals surface area contributed by atoms with E-state index in [1.807, 2.05) is 6.92 Å². The first kappa shape index (κ1) is 14.0. The summed E-state index contributed by atoms with van der Waals surface area (Å²) >= 11 is 0. The van der Waals surface area contributed by atoms with Crippen LogP contribution in [-0.2, 0) is 0 Å². The molecule has 1 aromatic heterocycles. The smallest absolute Gasteiger partial charge is 0.161 e. The maximum atomic E-state index is 5.64. The van der Waals surface area contributed by atoms with Crippen molar-refractivity contribution in [3.05, 3.63) is 41.1 Å². The van der Waals surface area contributed by atoms with E-state index >= 15 is 0 Å². The number of nitrogens with zero attached hydrogens (tertiary/aromatic N) is 2. The number of anilines is 1. The summed E-state index contributed by atoms with van der Waals surface area (Å²) in [7, 11) is 0. The van der Waals surface area contributed by atoms with E-state index in [1.165, 1.54) is 18.4 Å². The molecule has 4 nitrogen and oxygen atoms in total. The van der Waals surface area contributed by atoms with Crippen molar-refractivity contribution >= 4 is 5.82 Å². The van der Waals surface area contributed by atoms with Crippen LogP contribution in [0, 0.1) is 6.92 Å². The molecule has 1 aliphatic carbocycles. The molecular weight excluding hydrogens is 260 g/mol. The molecule has 1 saturated carbocycles. The molecule has 0 radical (unpaired) electrons. The molecule has 0 amide bonds. The summed E-state index contributed by atoms with van der Waals surface area (Å²) in [5.74, 6) is 8.19. The van der Waals surface area contributed by atoms with Gasteiger partial charge in [-0.1, -0.05) is 38.1 Å². The Morgan fingerprint density at radius 1 is 1.14 bits per heavy atom. The van der Waals surface area contributed by atoms with Crippen molar-refractivity contribution in [2.75, 3.05) is 5.43 Å². The summed E-state index contributed by atoms with van der Waals surface area (Å²) in [6.07, 6.45) is 2.64. The lowest BCUT2D eigenvalue weighted by atomic mass is 10.0. The maximum absolute atomic E-state index is 5.64. The quantitative estimate of drug-likeness (QED) is 0.662. The van der Waals surface area contributed by atoms with Crippen LogP contribution in [-0.4, -0.2) is 9.97 Å². The van der Waals surface area contributed by atoms with E-state index in [-0.39, 0.29) is 0 Å². The first-order valence-corrected chi connectivity index (χ1v) is 7.55. The topological polar surface area (TPSA) is 63.8 Å². The third kappa shape index (κ3) is 2.76. The van der Waals surface area contributed by atoms with Gasteiger partial charge in [-0.3, -0.25) is 0 Å². The average Bonchev–Trinajstić information content (AvgIpc) is 3.30. The van der Waals surface area contributed by atoms with Gasteiger partial charge >= 0.3 is 0 Å². The molecule has 1 heterocycles. The zero-order chi connectivity index (χ0) is 15.0. The second-order valence-corrected chi connectivity index (χ2v) is 6.09. The number of aromatic nitrogens is 2. The third-order valence-corrected chi connectivity index (χ3v) is 4.07. The molecule has 3 rings (SSSR count). The van der Waals surface area contributed by atoms with Crippen molar-refractivity contribution in [2.24, 2.45) is 5.84 Å². The first-order valence-electron chi connectivity index (χ1n) is 7.55. The van der Waals surface area contributed by atoms with Crippen LogP contribution in [0.3, 0.4) is 0 Å². The largest absolute Gasteiger partial charge is 0.308 e. The van der Waals surface area contributed by atoms with Gasteiger partial charge in [0.05, 0.1) is 0 Å². The summed E-state index contributed by atoms with van der Waals surface area (Å²) in [5, 5.41) is 0. The highest BCUT2D eigenvalue weighted by atomic mass is 15.3. The standard InChI is InChI=1S/C17H22N4/c1-10(2)15-11(3)19-16(20-17(15)21-18)14-8-6-13(7-9-14)12-4-5-12/h6-10,12H,4-5,18H2,1-3H3,(H,19,20,21). The highest BCUT2D eigenvalue weighted by Crippen LogP contribution is 2.40. The van der Waals surface area contributed by atoms with Crippen LogP contribution in [0.25, 0.3) is 11.4 Å². The molecule has 0 unspecified atom stereocenters. The molecule has 0 spiro atoms. The molecule has 4 heteroatoms. The number of nitrogens with two attached hydrogens (primary N) is 1. The number of hydrogen-bond donors (Lipinski definition) is 2. The molecule has 1 fully saturated rings. The number of hydrogen-bond acceptors (Lipinski definition) is 4. The lowest BCUT2D eigenvalue weighted by molar-refractivity contribution is 0.832.